The van der Waals surface area contributed by atoms with E-state index >= 15 is 0 Å². The van der Waals surface area contributed by atoms with Crippen molar-refractivity contribution >= 4 is 0 Å². The van der Waals surface area contributed by atoms with E-state index < -0.39 is 29.1 Å². The first-order valence-electron chi connectivity index (χ1n) is 7.30. The minimum Gasteiger partial charge on any atom is -0.507 e. The van der Waals surface area contributed by atoms with Crippen LogP contribution in [-0.2, 0) is 25.7 Å². The third-order valence-electron chi connectivity index (χ3n) is 3.99. The van der Waals surface area contributed by atoms with Crippen LogP contribution in [0.4, 0.5) is 13.2 Å². The average Bonchev–Trinajstić information content (AvgIpc) is 2.51. The number of phenols is 3. The highest BCUT2D eigenvalue weighted by Gasteiger charge is 2.36. The number of fused-ring (bicyclic) bond motifs is 1. The molecule has 0 spiro atoms. The van der Waals surface area contributed by atoms with Crippen LogP contribution in [0, 0.1) is 0 Å². The number of aromatic nitrogens is 2. The van der Waals surface area contributed by atoms with Crippen molar-refractivity contribution in [1.82, 2.24) is 14.9 Å². The molecule has 1 aliphatic rings. The maximum atomic E-state index is 12.8. The molecule has 0 unspecified atom stereocenters. The SMILES string of the molecule is O=c1[nH]c(C(F)(F)F)nc2c1CCN(Cc1cc(O)c(O)cc1O)C2. The Hall–Kier alpha value is -2.75. The number of nitrogens with zero attached hydrogens (tertiary/aromatic N) is 2. The first-order chi connectivity index (χ1) is 11.6. The summed E-state index contributed by atoms with van der Waals surface area (Å²) in [4.78, 5) is 18.8. The predicted molar refractivity (Wildman–Crippen MR) is 79.1 cm³/mol. The molecule has 7 nitrogen and oxygen atoms in total. The molecule has 1 aromatic heterocycles. The quantitative estimate of drug-likeness (QED) is 0.479. The zero-order chi connectivity index (χ0) is 18.4. The maximum Gasteiger partial charge on any atom is 0.449 e. The van der Waals surface area contributed by atoms with Crippen molar-refractivity contribution in [3.8, 4) is 17.2 Å². The molecule has 0 fully saturated rings. The van der Waals surface area contributed by atoms with Crippen LogP contribution >= 0.6 is 0 Å². The second-order valence-electron chi connectivity index (χ2n) is 5.77. The van der Waals surface area contributed by atoms with Crippen LogP contribution < -0.4 is 5.56 Å². The van der Waals surface area contributed by atoms with Crippen LogP contribution in [0.3, 0.4) is 0 Å². The van der Waals surface area contributed by atoms with Gasteiger partial charge in [-0.25, -0.2) is 4.98 Å². The summed E-state index contributed by atoms with van der Waals surface area (Å²) in [5, 5.41) is 28.7. The van der Waals surface area contributed by atoms with Gasteiger partial charge in [-0.05, 0) is 12.5 Å². The van der Waals surface area contributed by atoms with E-state index in [9.17, 15) is 33.3 Å². The summed E-state index contributed by atoms with van der Waals surface area (Å²) in [6.45, 7) is 0.461. The van der Waals surface area contributed by atoms with Crippen molar-refractivity contribution in [2.45, 2.75) is 25.7 Å². The number of hydrogen-bond donors (Lipinski definition) is 4. The van der Waals surface area contributed by atoms with Crippen molar-refractivity contribution in [3.05, 3.63) is 45.1 Å². The number of benzene rings is 1. The van der Waals surface area contributed by atoms with Crippen LogP contribution in [0.5, 0.6) is 17.2 Å². The Morgan fingerprint density at radius 2 is 1.84 bits per heavy atom. The molecule has 2 aromatic rings. The van der Waals surface area contributed by atoms with Gasteiger partial charge in [0.2, 0.25) is 5.82 Å². The molecular weight excluding hydrogens is 343 g/mol. The standard InChI is InChI=1S/C15H14F3N3O4/c16-15(17,18)14-19-9-6-21(2-1-8(9)13(25)20-14)5-7-3-11(23)12(24)4-10(7)22/h3-4,22-24H,1-2,5-6H2,(H,19,20,25). The fourth-order valence-corrected chi connectivity index (χ4v) is 2.74. The molecule has 0 saturated heterocycles. The van der Waals surface area contributed by atoms with Gasteiger partial charge in [-0.3, -0.25) is 9.69 Å². The highest BCUT2D eigenvalue weighted by Crippen LogP contribution is 2.33. The number of aromatic amines is 1. The third kappa shape index (κ3) is 3.38. The van der Waals surface area contributed by atoms with Gasteiger partial charge in [-0.15, -0.1) is 0 Å². The number of rotatable bonds is 2. The molecule has 0 amide bonds. The van der Waals surface area contributed by atoms with E-state index in [1.54, 1.807) is 9.88 Å². The second-order valence-corrected chi connectivity index (χ2v) is 5.77. The van der Waals surface area contributed by atoms with Gasteiger partial charge in [-0.2, -0.15) is 13.2 Å². The smallest absolute Gasteiger partial charge is 0.449 e. The van der Waals surface area contributed by atoms with Crippen LogP contribution in [0.1, 0.15) is 22.6 Å². The first-order valence-corrected chi connectivity index (χ1v) is 7.30. The Bertz CT molecular complexity index is 880. The number of alkyl halides is 3. The number of nitrogens with one attached hydrogen (secondary N) is 1. The topological polar surface area (TPSA) is 110 Å². The lowest BCUT2D eigenvalue weighted by molar-refractivity contribution is -0.145. The van der Waals surface area contributed by atoms with Gasteiger partial charge >= 0.3 is 6.18 Å². The lowest BCUT2D eigenvalue weighted by Crippen LogP contribution is -2.36. The Balaban J connectivity index is 1.87. The maximum absolute atomic E-state index is 12.8. The molecule has 134 valence electrons. The van der Waals surface area contributed by atoms with Gasteiger partial charge < -0.3 is 20.3 Å². The Labute approximate surface area is 139 Å². The van der Waals surface area contributed by atoms with Crippen LogP contribution in [0.15, 0.2) is 16.9 Å². The molecule has 4 N–H and O–H groups in total. The van der Waals surface area contributed by atoms with Crippen molar-refractivity contribution < 1.29 is 28.5 Å². The van der Waals surface area contributed by atoms with Crippen molar-refractivity contribution in [1.29, 1.82) is 0 Å². The van der Waals surface area contributed by atoms with Gasteiger partial charge in [0.1, 0.15) is 5.75 Å². The summed E-state index contributed by atoms with van der Waals surface area (Å²) in [5.74, 6) is -2.49. The van der Waals surface area contributed by atoms with Gasteiger partial charge in [0.05, 0.1) is 5.69 Å². The molecule has 0 saturated carbocycles. The van der Waals surface area contributed by atoms with E-state index in [0.717, 1.165) is 6.07 Å². The monoisotopic (exact) mass is 357 g/mol. The number of hydrogen-bond acceptors (Lipinski definition) is 6. The number of phenolic OH excluding ortho intramolecular Hbond substituents is 3. The van der Waals surface area contributed by atoms with Crippen LogP contribution in [0.25, 0.3) is 0 Å². The predicted octanol–water partition coefficient (Wildman–Crippen LogP) is 1.46. The second kappa shape index (κ2) is 5.96. The van der Waals surface area contributed by atoms with Gasteiger partial charge in [0, 0.05) is 36.8 Å². The molecular formula is C15H14F3N3O4. The summed E-state index contributed by atoms with van der Waals surface area (Å²) >= 11 is 0. The molecule has 0 atom stereocenters. The van der Waals surface area contributed by atoms with Crippen LogP contribution in [0.2, 0.25) is 0 Å². The highest BCUT2D eigenvalue weighted by atomic mass is 19.4. The van der Waals surface area contributed by atoms with E-state index in [2.05, 4.69) is 4.98 Å². The zero-order valence-corrected chi connectivity index (χ0v) is 12.8. The highest BCUT2D eigenvalue weighted by molar-refractivity contribution is 5.48. The number of H-pyrrole nitrogens is 1. The number of aromatic hydroxyl groups is 3. The first kappa shape index (κ1) is 17.1. The summed E-state index contributed by atoms with van der Waals surface area (Å²) in [5.41, 5.74) is -0.270. The lowest BCUT2D eigenvalue weighted by atomic mass is 10.0. The van der Waals surface area contributed by atoms with Crippen molar-refractivity contribution in [2.75, 3.05) is 6.54 Å². The molecule has 25 heavy (non-hydrogen) atoms. The van der Waals surface area contributed by atoms with Crippen LogP contribution in [-0.4, -0.2) is 36.7 Å². The Morgan fingerprint density at radius 3 is 2.52 bits per heavy atom. The molecule has 1 aliphatic heterocycles. The molecule has 0 radical (unpaired) electrons. The largest absolute Gasteiger partial charge is 0.507 e. The fraction of sp³-hybridized carbons (Fsp3) is 0.333. The fourth-order valence-electron chi connectivity index (χ4n) is 2.74. The minimum atomic E-state index is -4.75. The lowest BCUT2D eigenvalue weighted by Gasteiger charge is -2.28. The molecule has 2 heterocycles. The minimum absolute atomic E-state index is 0.0105. The molecule has 10 heteroatoms. The van der Waals surface area contributed by atoms with E-state index in [1.807, 2.05) is 0 Å². The summed E-state index contributed by atoms with van der Waals surface area (Å²) in [6, 6.07) is 2.15. The average molecular weight is 357 g/mol. The summed E-state index contributed by atoms with van der Waals surface area (Å²) < 4.78 is 38.4. The van der Waals surface area contributed by atoms with E-state index in [4.69, 9.17) is 0 Å². The summed E-state index contributed by atoms with van der Waals surface area (Å²) in [7, 11) is 0. The van der Waals surface area contributed by atoms with E-state index in [0.29, 0.717) is 12.1 Å². The number of halogens is 3. The van der Waals surface area contributed by atoms with Crippen molar-refractivity contribution in [3.63, 3.8) is 0 Å². The van der Waals surface area contributed by atoms with Crippen molar-refractivity contribution in [2.24, 2.45) is 0 Å². The normalized spacial score (nSPS) is 15.2. The van der Waals surface area contributed by atoms with Gasteiger partial charge in [0.25, 0.3) is 5.56 Å². The molecule has 0 aliphatic carbocycles. The van der Waals surface area contributed by atoms with E-state index in [1.165, 1.54) is 6.07 Å². The summed E-state index contributed by atoms with van der Waals surface area (Å²) in [6.07, 6.45) is -4.54. The Morgan fingerprint density at radius 1 is 1.16 bits per heavy atom. The Kier molecular flexibility index (Phi) is 4.07. The molecule has 0 bridgehead atoms. The van der Waals surface area contributed by atoms with Gasteiger partial charge in [0.15, 0.2) is 11.5 Å². The third-order valence-corrected chi connectivity index (χ3v) is 3.99. The molecule has 1 aromatic carbocycles. The molecule has 3 rings (SSSR count). The zero-order valence-electron chi connectivity index (χ0n) is 12.8. The van der Waals surface area contributed by atoms with Gasteiger partial charge in [-0.1, -0.05) is 0 Å². The van der Waals surface area contributed by atoms with E-state index in [-0.39, 0.29) is 36.5 Å².